The number of aryl methyl sites for hydroxylation is 1. The third-order valence-electron chi connectivity index (χ3n) is 5.48. The molecule has 1 aliphatic carbocycles. The standard InChI is InChI=1S/C22H22N6O2/c1-27-13-15(11-24-27)17-4-2-5-18(25-17)22(30)26-19-10-16(28-9-3-6-20(28)29)12-23-21(19)14-7-8-14/h2,4-5,10-14H,3,6-9H2,1H3,(H,26,30). The van der Waals surface area contributed by atoms with E-state index < -0.39 is 0 Å². The molecule has 1 N–H and O–H groups in total. The van der Waals surface area contributed by atoms with E-state index in [1.54, 1.807) is 28.0 Å². The van der Waals surface area contributed by atoms with Gasteiger partial charge in [0.1, 0.15) is 5.69 Å². The number of pyridine rings is 2. The summed E-state index contributed by atoms with van der Waals surface area (Å²) in [6, 6.07) is 7.22. The van der Waals surface area contributed by atoms with E-state index in [1.165, 1.54) is 0 Å². The number of amides is 2. The first kappa shape index (κ1) is 18.5. The third kappa shape index (κ3) is 3.56. The Morgan fingerprint density at radius 3 is 2.80 bits per heavy atom. The van der Waals surface area contributed by atoms with Crippen LogP contribution in [0.15, 0.2) is 42.9 Å². The minimum atomic E-state index is -0.297. The van der Waals surface area contributed by atoms with E-state index in [-0.39, 0.29) is 11.8 Å². The summed E-state index contributed by atoms with van der Waals surface area (Å²) in [5, 5.41) is 7.15. The Balaban J connectivity index is 1.43. The van der Waals surface area contributed by atoms with E-state index in [9.17, 15) is 9.59 Å². The van der Waals surface area contributed by atoms with Gasteiger partial charge >= 0.3 is 0 Å². The maximum Gasteiger partial charge on any atom is 0.274 e. The average Bonchev–Trinajstić information content (AvgIpc) is 3.36. The molecule has 1 saturated heterocycles. The molecule has 0 spiro atoms. The number of hydrogen-bond acceptors (Lipinski definition) is 5. The van der Waals surface area contributed by atoms with E-state index in [4.69, 9.17) is 0 Å². The molecule has 0 aromatic carbocycles. The fraction of sp³-hybridized carbons (Fsp3) is 0.318. The lowest BCUT2D eigenvalue weighted by molar-refractivity contribution is -0.117. The van der Waals surface area contributed by atoms with E-state index >= 15 is 0 Å². The molecular formula is C22H22N6O2. The molecule has 4 heterocycles. The third-order valence-corrected chi connectivity index (χ3v) is 5.48. The van der Waals surface area contributed by atoms with Crippen LogP contribution in [0.4, 0.5) is 11.4 Å². The molecule has 30 heavy (non-hydrogen) atoms. The quantitative estimate of drug-likeness (QED) is 0.708. The van der Waals surface area contributed by atoms with Crippen molar-refractivity contribution in [1.29, 1.82) is 0 Å². The van der Waals surface area contributed by atoms with Gasteiger partial charge in [-0.15, -0.1) is 0 Å². The lowest BCUT2D eigenvalue weighted by Crippen LogP contribution is -2.24. The molecule has 2 fully saturated rings. The van der Waals surface area contributed by atoms with Crippen LogP contribution in [-0.2, 0) is 11.8 Å². The van der Waals surface area contributed by atoms with Crippen LogP contribution in [0.1, 0.15) is 47.8 Å². The number of nitrogens with one attached hydrogen (secondary N) is 1. The van der Waals surface area contributed by atoms with Crippen LogP contribution in [-0.4, -0.2) is 38.1 Å². The SMILES string of the molecule is Cn1cc(-c2cccc(C(=O)Nc3cc(N4CCCC4=O)cnc3C3CC3)n2)cn1. The predicted molar refractivity (Wildman–Crippen MR) is 112 cm³/mol. The molecule has 152 valence electrons. The monoisotopic (exact) mass is 402 g/mol. The van der Waals surface area contributed by atoms with Gasteiger partial charge in [-0.2, -0.15) is 5.10 Å². The zero-order valence-corrected chi connectivity index (χ0v) is 16.7. The number of carbonyl (C=O) groups is 2. The van der Waals surface area contributed by atoms with Crippen LogP contribution in [0.2, 0.25) is 0 Å². The number of hydrogen-bond donors (Lipinski definition) is 1. The van der Waals surface area contributed by atoms with E-state index in [0.717, 1.165) is 36.2 Å². The second kappa shape index (κ2) is 7.37. The molecule has 2 amide bonds. The minimum Gasteiger partial charge on any atom is -0.319 e. The predicted octanol–water partition coefficient (Wildman–Crippen LogP) is 3.13. The van der Waals surface area contributed by atoms with Gasteiger partial charge in [-0.1, -0.05) is 6.07 Å². The van der Waals surface area contributed by atoms with Crippen molar-refractivity contribution in [1.82, 2.24) is 19.7 Å². The van der Waals surface area contributed by atoms with Crippen LogP contribution in [0.3, 0.4) is 0 Å². The summed E-state index contributed by atoms with van der Waals surface area (Å²) in [5.74, 6) is 0.159. The first-order valence-corrected chi connectivity index (χ1v) is 10.2. The van der Waals surface area contributed by atoms with Gasteiger partial charge in [0.05, 0.1) is 35.2 Å². The second-order valence-electron chi connectivity index (χ2n) is 7.81. The molecule has 5 rings (SSSR count). The fourth-order valence-corrected chi connectivity index (χ4v) is 3.78. The van der Waals surface area contributed by atoms with Crippen molar-refractivity contribution < 1.29 is 9.59 Å². The largest absolute Gasteiger partial charge is 0.319 e. The summed E-state index contributed by atoms with van der Waals surface area (Å²) in [5.41, 5.74) is 4.13. The Hall–Kier alpha value is -3.55. The normalized spacial score (nSPS) is 16.2. The Kier molecular flexibility index (Phi) is 4.54. The van der Waals surface area contributed by atoms with Crippen molar-refractivity contribution in [3.05, 3.63) is 54.2 Å². The van der Waals surface area contributed by atoms with Gasteiger partial charge in [-0.3, -0.25) is 19.3 Å². The van der Waals surface area contributed by atoms with Gasteiger partial charge in [0.2, 0.25) is 5.91 Å². The molecule has 8 nitrogen and oxygen atoms in total. The molecule has 1 saturated carbocycles. The van der Waals surface area contributed by atoms with Crippen LogP contribution < -0.4 is 10.2 Å². The highest BCUT2D eigenvalue weighted by atomic mass is 16.2. The van der Waals surface area contributed by atoms with E-state index in [0.29, 0.717) is 36.0 Å². The smallest absolute Gasteiger partial charge is 0.274 e. The molecular weight excluding hydrogens is 380 g/mol. The van der Waals surface area contributed by atoms with Crippen LogP contribution in [0.25, 0.3) is 11.3 Å². The molecule has 0 bridgehead atoms. The summed E-state index contributed by atoms with van der Waals surface area (Å²) in [6.07, 6.45) is 8.84. The highest BCUT2D eigenvalue weighted by molar-refractivity contribution is 6.04. The van der Waals surface area contributed by atoms with Crippen LogP contribution >= 0.6 is 0 Å². The molecule has 3 aromatic heterocycles. The Bertz CT molecular complexity index is 1130. The van der Waals surface area contributed by atoms with Gasteiger partial charge in [-0.25, -0.2) is 4.98 Å². The molecule has 0 unspecified atom stereocenters. The van der Waals surface area contributed by atoms with Crippen molar-refractivity contribution >= 4 is 23.2 Å². The number of rotatable bonds is 5. The zero-order valence-electron chi connectivity index (χ0n) is 16.7. The van der Waals surface area contributed by atoms with Crippen molar-refractivity contribution in [3.8, 4) is 11.3 Å². The van der Waals surface area contributed by atoms with Crippen molar-refractivity contribution in [2.75, 3.05) is 16.8 Å². The lowest BCUT2D eigenvalue weighted by Gasteiger charge is -2.18. The van der Waals surface area contributed by atoms with Crippen molar-refractivity contribution in [2.45, 2.75) is 31.6 Å². The molecule has 8 heteroatoms. The highest BCUT2D eigenvalue weighted by Gasteiger charge is 2.30. The van der Waals surface area contributed by atoms with Crippen molar-refractivity contribution in [2.24, 2.45) is 7.05 Å². The number of carbonyl (C=O) groups excluding carboxylic acids is 2. The summed E-state index contributed by atoms with van der Waals surface area (Å²) >= 11 is 0. The summed E-state index contributed by atoms with van der Waals surface area (Å²) in [4.78, 5) is 36.0. The van der Waals surface area contributed by atoms with Crippen molar-refractivity contribution in [3.63, 3.8) is 0 Å². The Morgan fingerprint density at radius 2 is 2.10 bits per heavy atom. The first-order chi connectivity index (χ1) is 14.6. The fourth-order valence-electron chi connectivity index (χ4n) is 3.78. The maximum atomic E-state index is 13.0. The second-order valence-corrected chi connectivity index (χ2v) is 7.81. The first-order valence-electron chi connectivity index (χ1n) is 10.2. The van der Waals surface area contributed by atoms with Gasteiger partial charge in [0.15, 0.2) is 0 Å². The summed E-state index contributed by atoms with van der Waals surface area (Å²) in [6.45, 7) is 0.686. The molecule has 0 atom stereocenters. The van der Waals surface area contributed by atoms with Crippen LogP contribution in [0, 0.1) is 0 Å². The van der Waals surface area contributed by atoms with Gasteiger partial charge in [-0.05, 0) is 37.5 Å². The molecule has 3 aromatic rings. The zero-order chi connectivity index (χ0) is 20.7. The molecule has 0 radical (unpaired) electrons. The van der Waals surface area contributed by atoms with E-state index in [1.807, 2.05) is 31.4 Å². The average molecular weight is 402 g/mol. The molecule has 2 aliphatic rings. The minimum absolute atomic E-state index is 0.0964. The molecule has 1 aliphatic heterocycles. The van der Waals surface area contributed by atoms with Gasteiger partial charge < -0.3 is 10.2 Å². The Labute approximate surface area is 173 Å². The summed E-state index contributed by atoms with van der Waals surface area (Å²) < 4.78 is 1.70. The highest BCUT2D eigenvalue weighted by Crippen LogP contribution is 2.43. The lowest BCUT2D eigenvalue weighted by atomic mass is 10.1. The summed E-state index contributed by atoms with van der Waals surface area (Å²) in [7, 11) is 1.84. The number of aromatic nitrogens is 4. The Morgan fingerprint density at radius 1 is 1.23 bits per heavy atom. The number of anilines is 2. The van der Waals surface area contributed by atoms with Gasteiger partial charge in [0.25, 0.3) is 5.91 Å². The maximum absolute atomic E-state index is 13.0. The topological polar surface area (TPSA) is 93.0 Å². The van der Waals surface area contributed by atoms with E-state index in [2.05, 4.69) is 20.4 Å². The van der Waals surface area contributed by atoms with Crippen LogP contribution in [0.5, 0.6) is 0 Å². The number of nitrogens with zero attached hydrogens (tertiary/aromatic N) is 5. The van der Waals surface area contributed by atoms with Gasteiger partial charge in [0, 0.05) is 37.7 Å².